The Hall–Kier alpha value is -2.09. The highest BCUT2D eigenvalue weighted by atomic mass is 16.5. The lowest BCUT2D eigenvalue weighted by molar-refractivity contribution is -0.128. The predicted molar refractivity (Wildman–Crippen MR) is 84.3 cm³/mol. The van der Waals surface area contributed by atoms with Crippen LogP contribution in [-0.2, 0) is 22.4 Å². The van der Waals surface area contributed by atoms with E-state index in [4.69, 9.17) is 4.74 Å². The fourth-order valence-corrected chi connectivity index (χ4v) is 3.20. The van der Waals surface area contributed by atoms with E-state index in [0.29, 0.717) is 13.1 Å². The van der Waals surface area contributed by atoms with Gasteiger partial charge >= 0.3 is 0 Å². The van der Waals surface area contributed by atoms with Crippen LogP contribution in [0.4, 0.5) is 0 Å². The van der Waals surface area contributed by atoms with Crippen molar-refractivity contribution in [2.24, 2.45) is 0 Å². The molecule has 0 aromatic heterocycles. The molecule has 0 aliphatic heterocycles. The van der Waals surface area contributed by atoms with Gasteiger partial charge in [0, 0.05) is 0 Å². The molecule has 0 N–H and O–H groups in total. The first-order chi connectivity index (χ1) is 10.4. The average Bonchev–Trinajstić information content (AvgIpc) is 2.90. The number of fused-ring (bicyclic) bond motifs is 3. The van der Waals surface area contributed by atoms with Gasteiger partial charge in [-0.25, -0.2) is 0 Å². The number of carbonyl (C=O) groups is 1. The van der Waals surface area contributed by atoms with E-state index in [-0.39, 0.29) is 0 Å². The van der Waals surface area contributed by atoms with Crippen molar-refractivity contribution in [3.8, 4) is 11.1 Å². The zero-order valence-corrected chi connectivity index (χ0v) is 12.2. The number of benzene rings is 2. The van der Waals surface area contributed by atoms with Crippen molar-refractivity contribution in [3.05, 3.63) is 59.2 Å². The molecule has 0 atom stereocenters. The molecule has 1 aliphatic carbocycles. The predicted octanol–water partition coefficient (Wildman–Crippen LogP) is 4.14. The zero-order chi connectivity index (χ0) is 14.5. The van der Waals surface area contributed by atoms with Crippen molar-refractivity contribution < 1.29 is 9.53 Å². The number of ether oxygens (including phenoxy) is 1. The van der Waals surface area contributed by atoms with E-state index < -0.39 is 0 Å². The Morgan fingerprint density at radius 1 is 0.952 bits per heavy atom. The Balaban J connectivity index is 1.69. The second-order valence-electron chi connectivity index (χ2n) is 5.56. The summed E-state index contributed by atoms with van der Waals surface area (Å²) in [5.41, 5.74) is 7.22. The molecule has 2 aromatic carbocycles. The first-order valence-electron chi connectivity index (χ1n) is 7.64. The topological polar surface area (TPSA) is 26.3 Å². The van der Waals surface area contributed by atoms with Crippen LogP contribution in [0.5, 0.6) is 0 Å². The van der Waals surface area contributed by atoms with Crippen LogP contribution in [0, 0.1) is 0 Å². The first-order valence-corrected chi connectivity index (χ1v) is 7.64. The Kier molecular flexibility index (Phi) is 4.34. The van der Waals surface area contributed by atoms with E-state index in [1.54, 1.807) is 0 Å². The van der Waals surface area contributed by atoms with Crippen LogP contribution < -0.4 is 0 Å². The van der Waals surface area contributed by atoms with Crippen molar-refractivity contribution in [1.82, 2.24) is 0 Å². The maximum atomic E-state index is 10.1. The van der Waals surface area contributed by atoms with Crippen molar-refractivity contribution in [2.45, 2.75) is 32.1 Å². The summed E-state index contributed by atoms with van der Waals surface area (Å²) in [4.78, 5) is 10.1. The van der Waals surface area contributed by atoms with Gasteiger partial charge in [-0.15, -0.1) is 0 Å². The van der Waals surface area contributed by atoms with Gasteiger partial charge in [0.15, 0.2) is 0 Å². The van der Waals surface area contributed by atoms with Gasteiger partial charge in [-0.05, 0) is 59.9 Å². The van der Waals surface area contributed by atoms with Gasteiger partial charge in [0.05, 0.1) is 6.61 Å². The number of hydrogen-bond acceptors (Lipinski definition) is 2. The minimum absolute atomic E-state index is 0.529. The number of unbranched alkanes of at least 4 members (excludes halogenated alkanes) is 2. The summed E-state index contributed by atoms with van der Waals surface area (Å²) in [6.07, 6.45) is 5.34. The molecule has 0 saturated heterocycles. The third-order valence-electron chi connectivity index (χ3n) is 4.18. The summed E-state index contributed by atoms with van der Waals surface area (Å²) in [7, 11) is 0. The van der Waals surface area contributed by atoms with Crippen LogP contribution in [0.3, 0.4) is 0 Å². The lowest BCUT2D eigenvalue weighted by atomic mass is 9.95. The second-order valence-corrected chi connectivity index (χ2v) is 5.56. The Morgan fingerprint density at radius 2 is 1.81 bits per heavy atom. The molecule has 0 unspecified atom stereocenters. The highest BCUT2D eigenvalue weighted by Crippen LogP contribution is 2.39. The lowest BCUT2D eigenvalue weighted by Crippen LogP contribution is -1.94. The molecule has 0 spiro atoms. The number of aryl methyl sites for hydroxylation is 1. The summed E-state index contributed by atoms with van der Waals surface area (Å²) in [5, 5.41) is 0. The summed E-state index contributed by atoms with van der Waals surface area (Å²) in [6.45, 7) is 1.07. The molecule has 2 nitrogen and oxygen atoms in total. The molecule has 0 bridgehead atoms. The molecule has 21 heavy (non-hydrogen) atoms. The number of hydrogen-bond donors (Lipinski definition) is 0. The normalized spacial score (nSPS) is 11.8. The third-order valence-corrected chi connectivity index (χ3v) is 4.18. The van der Waals surface area contributed by atoms with Crippen molar-refractivity contribution in [1.29, 1.82) is 0 Å². The lowest BCUT2D eigenvalue weighted by Gasteiger charge is -2.09. The van der Waals surface area contributed by atoms with Crippen LogP contribution in [0.25, 0.3) is 11.1 Å². The van der Waals surface area contributed by atoms with Crippen molar-refractivity contribution >= 4 is 6.47 Å². The second kappa shape index (κ2) is 6.57. The van der Waals surface area contributed by atoms with Crippen LogP contribution >= 0.6 is 0 Å². The molecule has 0 amide bonds. The monoisotopic (exact) mass is 280 g/mol. The third kappa shape index (κ3) is 2.99. The Bertz CT molecular complexity index is 631. The van der Waals surface area contributed by atoms with Gasteiger partial charge in [-0.2, -0.15) is 0 Å². The highest BCUT2D eigenvalue weighted by molar-refractivity contribution is 5.79. The van der Waals surface area contributed by atoms with Crippen molar-refractivity contribution in [2.75, 3.05) is 6.61 Å². The molecular formula is C19H20O2. The van der Waals surface area contributed by atoms with Gasteiger partial charge < -0.3 is 4.74 Å². The molecule has 0 saturated carbocycles. The molecule has 108 valence electrons. The fourth-order valence-electron chi connectivity index (χ4n) is 3.20. The Morgan fingerprint density at radius 3 is 2.71 bits per heavy atom. The average molecular weight is 280 g/mol. The van der Waals surface area contributed by atoms with Gasteiger partial charge in [-0.1, -0.05) is 42.5 Å². The molecule has 2 heteroatoms. The molecule has 0 fully saturated rings. The van der Waals surface area contributed by atoms with E-state index in [9.17, 15) is 4.79 Å². The van der Waals surface area contributed by atoms with Crippen LogP contribution in [0.1, 0.15) is 36.0 Å². The van der Waals surface area contributed by atoms with Gasteiger partial charge in [-0.3, -0.25) is 4.79 Å². The summed E-state index contributed by atoms with van der Waals surface area (Å²) < 4.78 is 4.73. The summed E-state index contributed by atoms with van der Waals surface area (Å²) in [6, 6.07) is 15.4. The van der Waals surface area contributed by atoms with Gasteiger partial charge in [0.2, 0.25) is 0 Å². The van der Waals surface area contributed by atoms with E-state index in [1.165, 1.54) is 27.8 Å². The largest absolute Gasteiger partial charge is 0.468 e. The molecule has 0 heterocycles. The smallest absolute Gasteiger partial charge is 0.293 e. The molecule has 3 rings (SSSR count). The zero-order valence-electron chi connectivity index (χ0n) is 12.2. The molecular weight excluding hydrogens is 260 g/mol. The number of carbonyl (C=O) groups excluding carboxylic acids is 1. The first kappa shape index (κ1) is 13.9. The maximum Gasteiger partial charge on any atom is 0.293 e. The molecule has 1 aliphatic rings. The van der Waals surface area contributed by atoms with Crippen LogP contribution in [0.2, 0.25) is 0 Å². The SMILES string of the molecule is O=COCCCCCc1cccc2c1-c1ccccc1C2. The summed E-state index contributed by atoms with van der Waals surface area (Å²) in [5.74, 6) is 0. The minimum Gasteiger partial charge on any atom is -0.468 e. The number of rotatable bonds is 7. The minimum atomic E-state index is 0.529. The quantitative estimate of drug-likeness (QED) is 0.480. The molecule has 0 radical (unpaired) electrons. The van der Waals surface area contributed by atoms with Crippen molar-refractivity contribution in [3.63, 3.8) is 0 Å². The van der Waals surface area contributed by atoms with Gasteiger partial charge in [0.25, 0.3) is 6.47 Å². The maximum absolute atomic E-state index is 10.1. The van der Waals surface area contributed by atoms with E-state index in [2.05, 4.69) is 42.5 Å². The highest BCUT2D eigenvalue weighted by Gasteiger charge is 2.20. The van der Waals surface area contributed by atoms with Crippen LogP contribution in [-0.4, -0.2) is 13.1 Å². The van der Waals surface area contributed by atoms with Gasteiger partial charge in [0.1, 0.15) is 0 Å². The van der Waals surface area contributed by atoms with E-state index in [0.717, 1.165) is 32.1 Å². The standard InChI is InChI=1S/C19H20O2/c20-14-21-12-5-1-2-7-15-9-6-10-17-13-16-8-3-4-11-18(16)19(15)17/h3-4,6,8-11,14H,1-2,5,7,12-13H2. The summed E-state index contributed by atoms with van der Waals surface area (Å²) >= 11 is 0. The fraction of sp³-hybridized carbons (Fsp3) is 0.316. The van der Waals surface area contributed by atoms with E-state index in [1.807, 2.05) is 0 Å². The molecule has 2 aromatic rings. The van der Waals surface area contributed by atoms with Crippen LogP contribution in [0.15, 0.2) is 42.5 Å². The van der Waals surface area contributed by atoms with E-state index >= 15 is 0 Å². The Labute approximate surface area is 125 Å².